The Morgan fingerprint density at radius 3 is 3.09 bits per heavy atom. The second kappa shape index (κ2) is 6.16. The molecule has 0 saturated heterocycles. The molecule has 0 amide bonds. The average molecular weight is 321 g/mol. The van der Waals surface area contributed by atoms with E-state index in [1.165, 1.54) is 22.2 Å². The van der Waals surface area contributed by atoms with E-state index in [9.17, 15) is 9.59 Å². The highest BCUT2D eigenvalue weighted by molar-refractivity contribution is 7.18. The van der Waals surface area contributed by atoms with Gasteiger partial charge in [-0.05, 0) is 37.2 Å². The van der Waals surface area contributed by atoms with E-state index >= 15 is 0 Å². The Morgan fingerprint density at radius 2 is 2.32 bits per heavy atom. The second-order valence-electron chi connectivity index (χ2n) is 5.83. The van der Waals surface area contributed by atoms with E-state index in [0.29, 0.717) is 18.9 Å². The lowest BCUT2D eigenvalue weighted by molar-refractivity contribution is -0.140. The van der Waals surface area contributed by atoms with Crippen LogP contribution in [0.5, 0.6) is 0 Å². The highest BCUT2D eigenvalue weighted by atomic mass is 32.1. The van der Waals surface area contributed by atoms with E-state index < -0.39 is 0 Å². The number of hydrogen-bond donors (Lipinski definition) is 0. The molecule has 1 unspecified atom stereocenters. The van der Waals surface area contributed by atoms with Gasteiger partial charge in [0.15, 0.2) is 4.83 Å². The summed E-state index contributed by atoms with van der Waals surface area (Å²) in [6.45, 7) is 2.63. The van der Waals surface area contributed by atoms with Crippen LogP contribution in [0.1, 0.15) is 36.6 Å². The van der Waals surface area contributed by atoms with Crippen LogP contribution in [0.25, 0.3) is 10.2 Å². The largest absolute Gasteiger partial charge is 0.469 e. The Hall–Kier alpha value is -1.76. The molecular weight excluding hydrogens is 302 g/mol. The number of aromatic nitrogens is 3. The van der Waals surface area contributed by atoms with Crippen LogP contribution in [-0.2, 0) is 28.9 Å². The molecule has 0 N–H and O–H groups in total. The smallest absolute Gasteiger partial charge is 0.305 e. The fraction of sp³-hybridized carbons (Fsp3) is 0.600. The number of aryl methyl sites for hydroxylation is 2. The van der Waals surface area contributed by atoms with Gasteiger partial charge in [-0.2, -0.15) is 0 Å². The summed E-state index contributed by atoms with van der Waals surface area (Å²) in [7, 11) is 1.36. The number of fused-ring (bicyclic) bond motifs is 3. The number of hydrogen-bond acceptors (Lipinski definition) is 6. The van der Waals surface area contributed by atoms with Crippen LogP contribution >= 0.6 is 11.3 Å². The molecule has 22 heavy (non-hydrogen) atoms. The highest BCUT2D eigenvalue weighted by Gasteiger charge is 2.23. The molecule has 0 aliphatic heterocycles. The van der Waals surface area contributed by atoms with Crippen molar-refractivity contribution >= 4 is 27.5 Å². The van der Waals surface area contributed by atoms with Crippen LogP contribution in [-0.4, -0.2) is 28.1 Å². The quantitative estimate of drug-likeness (QED) is 0.805. The van der Waals surface area contributed by atoms with Gasteiger partial charge in [-0.25, -0.2) is 4.68 Å². The molecule has 0 aromatic carbocycles. The van der Waals surface area contributed by atoms with Crippen LogP contribution < -0.4 is 5.56 Å². The van der Waals surface area contributed by atoms with Gasteiger partial charge in [0, 0.05) is 17.8 Å². The highest BCUT2D eigenvalue weighted by Crippen LogP contribution is 2.35. The Bertz CT molecular complexity index is 765. The van der Waals surface area contributed by atoms with Crippen LogP contribution in [0.15, 0.2) is 4.79 Å². The fourth-order valence-electron chi connectivity index (χ4n) is 2.91. The summed E-state index contributed by atoms with van der Waals surface area (Å²) in [5.41, 5.74) is 1.08. The summed E-state index contributed by atoms with van der Waals surface area (Å²) in [5.74, 6) is 0.389. The third-order valence-electron chi connectivity index (χ3n) is 4.16. The third kappa shape index (κ3) is 2.77. The van der Waals surface area contributed by atoms with E-state index in [0.717, 1.165) is 29.5 Å². The Labute approximate surface area is 132 Å². The van der Waals surface area contributed by atoms with E-state index in [1.807, 2.05) is 0 Å². The molecule has 1 aliphatic rings. The number of nitrogens with zero attached hydrogens (tertiary/aromatic N) is 3. The van der Waals surface area contributed by atoms with Crippen LogP contribution in [0.3, 0.4) is 0 Å². The zero-order chi connectivity index (χ0) is 15.7. The molecule has 0 spiro atoms. The van der Waals surface area contributed by atoms with E-state index in [4.69, 9.17) is 0 Å². The SMILES string of the molecule is COC(=O)CCCn1nnc2sc3c(c2c1=O)CCC(C)C3. The number of rotatable bonds is 4. The summed E-state index contributed by atoms with van der Waals surface area (Å²) in [6.07, 6.45) is 3.89. The normalized spacial score (nSPS) is 17.5. The molecule has 3 rings (SSSR count). The number of ether oxygens (including phenoxy) is 1. The van der Waals surface area contributed by atoms with Gasteiger partial charge in [0.2, 0.25) is 0 Å². The lowest BCUT2D eigenvalue weighted by Gasteiger charge is -2.17. The van der Waals surface area contributed by atoms with Crippen molar-refractivity contribution in [2.75, 3.05) is 7.11 Å². The fourth-order valence-corrected chi connectivity index (χ4v) is 4.23. The molecule has 0 bridgehead atoms. The van der Waals surface area contributed by atoms with Crippen LogP contribution in [0.2, 0.25) is 0 Å². The number of carbonyl (C=O) groups excluding carboxylic acids is 1. The molecule has 0 radical (unpaired) electrons. The van der Waals surface area contributed by atoms with Crippen molar-refractivity contribution in [1.29, 1.82) is 0 Å². The molecular formula is C15H19N3O3S. The van der Waals surface area contributed by atoms with Gasteiger partial charge in [0.1, 0.15) is 0 Å². The van der Waals surface area contributed by atoms with E-state index in [1.54, 1.807) is 11.3 Å². The number of carbonyl (C=O) groups is 1. The first-order valence-corrected chi connectivity index (χ1v) is 8.36. The predicted molar refractivity (Wildman–Crippen MR) is 84.1 cm³/mol. The van der Waals surface area contributed by atoms with Gasteiger partial charge in [-0.3, -0.25) is 9.59 Å². The van der Waals surface area contributed by atoms with Crippen molar-refractivity contribution in [2.24, 2.45) is 5.92 Å². The first kappa shape index (κ1) is 15.1. The minimum atomic E-state index is -0.274. The Morgan fingerprint density at radius 1 is 1.50 bits per heavy atom. The minimum absolute atomic E-state index is 0.0816. The first-order chi connectivity index (χ1) is 10.6. The van der Waals surface area contributed by atoms with Gasteiger partial charge in [-0.1, -0.05) is 12.1 Å². The molecule has 2 heterocycles. The van der Waals surface area contributed by atoms with Gasteiger partial charge >= 0.3 is 5.97 Å². The summed E-state index contributed by atoms with van der Waals surface area (Å²) < 4.78 is 5.97. The maximum Gasteiger partial charge on any atom is 0.305 e. The summed E-state index contributed by atoms with van der Waals surface area (Å²) >= 11 is 1.60. The molecule has 118 valence electrons. The summed E-state index contributed by atoms with van der Waals surface area (Å²) in [5, 5.41) is 8.95. The van der Waals surface area contributed by atoms with Gasteiger partial charge < -0.3 is 4.74 Å². The topological polar surface area (TPSA) is 74.1 Å². The summed E-state index contributed by atoms with van der Waals surface area (Å²) in [6, 6.07) is 0. The predicted octanol–water partition coefficient (Wildman–Crippen LogP) is 1.93. The van der Waals surface area contributed by atoms with Crippen molar-refractivity contribution < 1.29 is 9.53 Å². The van der Waals surface area contributed by atoms with Crippen molar-refractivity contribution in [2.45, 2.75) is 45.6 Å². The molecule has 0 fully saturated rings. The standard InChI is InChI=1S/C15H19N3O3S/c1-9-5-6-10-11(8-9)22-14-13(10)15(20)18(17-16-14)7-3-4-12(19)21-2/h9H,3-8H2,1-2H3. The molecule has 7 heteroatoms. The molecule has 2 aromatic rings. The molecule has 1 aliphatic carbocycles. The number of thiophene rings is 1. The lowest BCUT2D eigenvalue weighted by Crippen LogP contribution is -2.25. The van der Waals surface area contributed by atoms with E-state index in [2.05, 4.69) is 22.0 Å². The molecule has 2 aromatic heterocycles. The van der Waals surface area contributed by atoms with Gasteiger partial charge in [-0.15, -0.1) is 16.4 Å². The Kier molecular flexibility index (Phi) is 4.24. The maximum absolute atomic E-state index is 12.6. The number of esters is 1. The zero-order valence-corrected chi connectivity index (χ0v) is 13.6. The van der Waals surface area contributed by atoms with Gasteiger partial charge in [0.25, 0.3) is 5.56 Å². The number of methoxy groups -OCH3 is 1. The summed E-state index contributed by atoms with van der Waals surface area (Å²) in [4.78, 5) is 25.8. The van der Waals surface area contributed by atoms with Crippen molar-refractivity contribution in [1.82, 2.24) is 15.0 Å². The maximum atomic E-state index is 12.6. The third-order valence-corrected chi connectivity index (χ3v) is 5.30. The molecule has 0 saturated carbocycles. The lowest BCUT2D eigenvalue weighted by atomic mass is 9.89. The van der Waals surface area contributed by atoms with Crippen LogP contribution in [0, 0.1) is 5.92 Å². The monoisotopic (exact) mass is 321 g/mol. The van der Waals surface area contributed by atoms with E-state index in [-0.39, 0.29) is 17.9 Å². The first-order valence-electron chi connectivity index (χ1n) is 7.55. The van der Waals surface area contributed by atoms with Crippen molar-refractivity contribution in [3.05, 3.63) is 20.8 Å². The Balaban J connectivity index is 1.89. The van der Waals surface area contributed by atoms with Crippen molar-refractivity contribution in [3.8, 4) is 0 Å². The zero-order valence-electron chi connectivity index (χ0n) is 12.8. The second-order valence-corrected chi connectivity index (χ2v) is 6.91. The van der Waals surface area contributed by atoms with Crippen molar-refractivity contribution in [3.63, 3.8) is 0 Å². The van der Waals surface area contributed by atoms with Crippen LogP contribution in [0.4, 0.5) is 0 Å². The average Bonchev–Trinajstić information content (AvgIpc) is 2.87. The molecule has 1 atom stereocenters. The minimum Gasteiger partial charge on any atom is -0.469 e. The molecule has 6 nitrogen and oxygen atoms in total. The van der Waals surface area contributed by atoms with Gasteiger partial charge in [0.05, 0.1) is 12.5 Å².